The second-order valence-corrected chi connectivity index (χ2v) is 6.17. The van der Waals surface area contributed by atoms with Crippen molar-refractivity contribution in [1.29, 1.82) is 0 Å². The number of carbonyl (C=O) groups is 2. The molecule has 1 fully saturated rings. The molecule has 6 heteroatoms. The van der Waals surface area contributed by atoms with Crippen molar-refractivity contribution in [2.45, 2.75) is 51.5 Å². The molecule has 1 aliphatic heterocycles. The largest absolute Gasteiger partial charge is 0.347 e. The number of hydrogen-bond donors (Lipinski definition) is 2. The van der Waals surface area contributed by atoms with E-state index in [1.807, 2.05) is 14.1 Å². The predicted octanol–water partition coefficient (Wildman–Crippen LogP) is 1.42. The molecule has 0 aromatic carbocycles. The van der Waals surface area contributed by atoms with Crippen LogP contribution >= 0.6 is 0 Å². The van der Waals surface area contributed by atoms with Crippen LogP contribution in [0.1, 0.15) is 45.4 Å². The van der Waals surface area contributed by atoms with Gasteiger partial charge in [0.2, 0.25) is 5.91 Å². The molecule has 6 nitrogen and oxygen atoms in total. The number of likely N-dealkylation sites (tertiary alicyclic amines) is 1. The lowest BCUT2D eigenvalue weighted by Gasteiger charge is -2.26. The van der Waals surface area contributed by atoms with Crippen molar-refractivity contribution in [3.05, 3.63) is 0 Å². The minimum atomic E-state index is -0.0848. The summed E-state index contributed by atoms with van der Waals surface area (Å²) in [6, 6.07) is -0.0590. The van der Waals surface area contributed by atoms with E-state index >= 15 is 0 Å². The van der Waals surface area contributed by atoms with Crippen molar-refractivity contribution in [3.8, 4) is 0 Å². The Bertz CT molecular complexity index is 347. The highest BCUT2D eigenvalue weighted by Crippen LogP contribution is 2.18. The predicted molar refractivity (Wildman–Crippen MR) is 88.8 cm³/mol. The molecule has 1 saturated heterocycles. The van der Waals surface area contributed by atoms with Gasteiger partial charge in [0.1, 0.15) is 0 Å². The average Bonchev–Trinajstić information content (AvgIpc) is 2.95. The number of amides is 3. The van der Waals surface area contributed by atoms with Crippen molar-refractivity contribution >= 4 is 11.9 Å². The SMILES string of the molecule is CCCCCNC(=O)NCCCN1CCCC1C(=O)N(C)C. The second-order valence-electron chi connectivity index (χ2n) is 6.17. The fraction of sp³-hybridized carbons (Fsp3) is 0.875. The van der Waals surface area contributed by atoms with Crippen LogP contribution in [-0.4, -0.2) is 68.1 Å². The van der Waals surface area contributed by atoms with Crippen molar-refractivity contribution in [2.24, 2.45) is 0 Å². The van der Waals surface area contributed by atoms with Gasteiger partial charge in [0.25, 0.3) is 0 Å². The Morgan fingerprint density at radius 1 is 1.14 bits per heavy atom. The minimum absolute atomic E-state index is 0.0258. The summed E-state index contributed by atoms with van der Waals surface area (Å²) in [7, 11) is 3.62. The van der Waals surface area contributed by atoms with E-state index in [1.165, 1.54) is 0 Å². The topological polar surface area (TPSA) is 64.7 Å². The number of carbonyl (C=O) groups excluding carboxylic acids is 2. The van der Waals surface area contributed by atoms with Crippen LogP contribution in [0, 0.1) is 0 Å². The van der Waals surface area contributed by atoms with Crippen molar-refractivity contribution in [3.63, 3.8) is 0 Å². The Hall–Kier alpha value is -1.30. The second kappa shape index (κ2) is 10.4. The Morgan fingerprint density at radius 2 is 1.82 bits per heavy atom. The maximum Gasteiger partial charge on any atom is 0.314 e. The van der Waals surface area contributed by atoms with E-state index < -0.39 is 0 Å². The van der Waals surface area contributed by atoms with E-state index in [0.29, 0.717) is 6.54 Å². The molecule has 1 aliphatic rings. The number of hydrogen-bond acceptors (Lipinski definition) is 3. The quantitative estimate of drug-likeness (QED) is 0.633. The number of urea groups is 1. The van der Waals surface area contributed by atoms with E-state index in [4.69, 9.17) is 0 Å². The first-order valence-corrected chi connectivity index (χ1v) is 8.53. The van der Waals surface area contributed by atoms with E-state index in [2.05, 4.69) is 22.5 Å². The lowest BCUT2D eigenvalue weighted by Crippen LogP contribution is -2.44. The molecule has 2 N–H and O–H groups in total. The van der Waals surface area contributed by atoms with Crippen LogP contribution in [0.15, 0.2) is 0 Å². The third-order valence-corrected chi connectivity index (χ3v) is 4.06. The summed E-state index contributed by atoms with van der Waals surface area (Å²) in [6.07, 6.45) is 6.24. The van der Waals surface area contributed by atoms with Crippen LogP contribution in [0.25, 0.3) is 0 Å². The van der Waals surface area contributed by atoms with E-state index in [0.717, 1.165) is 58.2 Å². The summed E-state index contributed by atoms with van der Waals surface area (Å²) >= 11 is 0. The number of nitrogens with one attached hydrogen (secondary N) is 2. The van der Waals surface area contributed by atoms with Crippen molar-refractivity contribution < 1.29 is 9.59 Å². The highest BCUT2D eigenvalue weighted by Gasteiger charge is 2.30. The third-order valence-electron chi connectivity index (χ3n) is 4.06. The monoisotopic (exact) mass is 312 g/mol. The fourth-order valence-corrected chi connectivity index (χ4v) is 2.79. The van der Waals surface area contributed by atoms with Gasteiger partial charge >= 0.3 is 6.03 Å². The first-order chi connectivity index (χ1) is 10.6. The molecule has 0 spiro atoms. The standard InChI is InChI=1S/C16H32N4O2/c1-4-5-6-10-17-16(22)18-11-8-13-20-12-7-9-14(20)15(21)19(2)3/h14H,4-13H2,1-3H3,(H2,17,18,22). The molecule has 1 rings (SSSR count). The van der Waals surface area contributed by atoms with Gasteiger partial charge in [-0.3, -0.25) is 9.69 Å². The Balaban J connectivity index is 2.13. The molecule has 22 heavy (non-hydrogen) atoms. The van der Waals surface area contributed by atoms with Crippen LogP contribution < -0.4 is 10.6 Å². The number of nitrogens with zero attached hydrogens (tertiary/aromatic N) is 2. The highest BCUT2D eigenvalue weighted by molar-refractivity contribution is 5.81. The third kappa shape index (κ3) is 6.64. The zero-order valence-corrected chi connectivity index (χ0v) is 14.4. The molecular weight excluding hydrogens is 280 g/mol. The lowest BCUT2D eigenvalue weighted by molar-refractivity contribution is -0.133. The molecule has 1 atom stereocenters. The molecule has 1 heterocycles. The van der Waals surface area contributed by atoms with E-state index in [9.17, 15) is 9.59 Å². The summed E-state index contributed by atoms with van der Waals surface area (Å²) in [6.45, 7) is 5.38. The zero-order valence-electron chi connectivity index (χ0n) is 14.4. The first-order valence-electron chi connectivity index (χ1n) is 8.53. The Labute approximate surface area is 134 Å². The van der Waals surface area contributed by atoms with Crippen LogP contribution in [-0.2, 0) is 4.79 Å². The number of likely N-dealkylation sites (N-methyl/N-ethyl adjacent to an activating group) is 1. The zero-order chi connectivity index (χ0) is 16.4. The van der Waals surface area contributed by atoms with Gasteiger partial charge in [0.05, 0.1) is 6.04 Å². The van der Waals surface area contributed by atoms with Gasteiger partial charge in [-0.05, 0) is 32.2 Å². The molecule has 0 aromatic rings. The van der Waals surface area contributed by atoms with Gasteiger partial charge in [-0.25, -0.2) is 4.79 Å². The van der Waals surface area contributed by atoms with Gasteiger partial charge in [-0.15, -0.1) is 0 Å². The van der Waals surface area contributed by atoms with Crippen LogP contribution in [0.4, 0.5) is 4.79 Å². The average molecular weight is 312 g/mol. The van der Waals surface area contributed by atoms with Crippen LogP contribution in [0.3, 0.4) is 0 Å². The molecule has 0 radical (unpaired) electrons. The smallest absolute Gasteiger partial charge is 0.314 e. The summed E-state index contributed by atoms with van der Waals surface area (Å²) in [5.41, 5.74) is 0. The van der Waals surface area contributed by atoms with E-state index in [1.54, 1.807) is 4.90 Å². The lowest BCUT2D eigenvalue weighted by atomic mass is 10.2. The summed E-state index contributed by atoms with van der Waals surface area (Å²) < 4.78 is 0. The molecule has 3 amide bonds. The Kier molecular flexibility index (Phi) is 8.89. The fourth-order valence-electron chi connectivity index (χ4n) is 2.79. The van der Waals surface area contributed by atoms with Gasteiger partial charge in [0.15, 0.2) is 0 Å². The van der Waals surface area contributed by atoms with Crippen molar-refractivity contribution in [1.82, 2.24) is 20.4 Å². The summed E-state index contributed by atoms with van der Waals surface area (Å²) in [4.78, 5) is 27.6. The molecule has 128 valence electrons. The number of unbranched alkanes of at least 4 members (excludes halogenated alkanes) is 2. The van der Waals surface area contributed by atoms with Gasteiger partial charge in [-0.2, -0.15) is 0 Å². The molecule has 0 bridgehead atoms. The molecule has 0 aromatic heterocycles. The highest BCUT2D eigenvalue weighted by atomic mass is 16.2. The normalized spacial score (nSPS) is 18.2. The summed E-state index contributed by atoms with van der Waals surface area (Å²) in [5.74, 6) is 0.194. The molecule has 0 saturated carbocycles. The van der Waals surface area contributed by atoms with Crippen molar-refractivity contribution in [2.75, 3.05) is 40.3 Å². The van der Waals surface area contributed by atoms with Crippen LogP contribution in [0.2, 0.25) is 0 Å². The molecular formula is C16H32N4O2. The van der Waals surface area contributed by atoms with Gasteiger partial charge in [0, 0.05) is 33.7 Å². The maximum absolute atomic E-state index is 12.1. The maximum atomic E-state index is 12.1. The minimum Gasteiger partial charge on any atom is -0.347 e. The molecule has 0 aliphatic carbocycles. The Morgan fingerprint density at radius 3 is 2.45 bits per heavy atom. The first kappa shape index (κ1) is 18.7. The summed E-state index contributed by atoms with van der Waals surface area (Å²) in [5, 5.41) is 5.74. The van der Waals surface area contributed by atoms with E-state index in [-0.39, 0.29) is 18.0 Å². The number of rotatable bonds is 9. The van der Waals surface area contributed by atoms with Crippen LogP contribution in [0.5, 0.6) is 0 Å². The van der Waals surface area contributed by atoms with Gasteiger partial charge in [-0.1, -0.05) is 19.8 Å². The molecule has 1 unspecified atom stereocenters. The van der Waals surface area contributed by atoms with Gasteiger partial charge < -0.3 is 15.5 Å².